The monoisotopic (exact) mass is 296 g/mol. The van der Waals surface area contributed by atoms with Crippen molar-refractivity contribution in [3.05, 3.63) is 42.9 Å². The molecule has 0 spiro atoms. The maximum atomic E-state index is 4.52. The van der Waals surface area contributed by atoms with Crippen molar-refractivity contribution in [1.29, 1.82) is 0 Å². The van der Waals surface area contributed by atoms with Gasteiger partial charge in [-0.25, -0.2) is 20.4 Å². The zero-order valence-corrected chi connectivity index (χ0v) is 12.3. The van der Waals surface area contributed by atoms with E-state index in [-0.39, 0.29) is 0 Å². The van der Waals surface area contributed by atoms with Crippen LogP contribution in [0.4, 0.5) is 17.6 Å². The minimum absolute atomic E-state index is 0.515. The van der Waals surface area contributed by atoms with E-state index in [9.17, 15) is 0 Å². The number of nitrogens with zero attached hydrogens (tertiary/aromatic N) is 5. The van der Waals surface area contributed by atoms with Crippen LogP contribution in [0.25, 0.3) is 11.3 Å². The molecular weight excluding hydrogens is 280 g/mol. The van der Waals surface area contributed by atoms with Gasteiger partial charge in [0, 0.05) is 38.1 Å². The molecule has 0 aliphatic carbocycles. The highest BCUT2D eigenvalue weighted by Crippen LogP contribution is 2.20. The molecule has 3 heterocycles. The summed E-state index contributed by atoms with van der Waals surface area (Å²) in [7, 11) is 3.64. The molecule has 0 amide bonds. The summed E-state index contributed by atoms with van der Waals surface area (Å²) in [6.45, 7) is 0. The molecule has 22 heavy (non-hydrogen) atoms. The second-order valence-electron chi connectivity index (χ2n) is 4.54. The van der Waals surface area contributed by atoms with Crippen molar-refractivity contribution < 1.29 is 0 Å². The highest BCUT2D eigenvalue weighted by molar-refractivity contribution is 5.64. The molecule has 8 heteroatoms. The van der Waals surface area contributed by atoms with Crippen molar-refractivity contribution in [1.82, 2.24) is 30.2 Å². The number of rotatable bonds is 5. The third-order valence-corrected chi connectivity index (χ3v) is 3.03. The van der Waals surface area contributed by atoms with Crippen molar-refractivity contribution in [2.45, 2.75) is 0 Å². The Morgan fingerprint density at radius 1 is 1.05 bits per heavy atom. The van der Waals surface area contributed by atoms with Gasteiger partial charge < -0.3 is 10.7 Å². The smallest absolute Gasteiger partial charge is 0.228 e. The third-order valence-electron chi connectivity index (χ3n) is 3.03. The number of anilines is 3. The Bertz CT molecular complexity index is 767. The van der Waals surface area contributed by atoms with Crippen molar-refractivity contribution >= 4 is 17.6 Å². The van der Waals surface area contributed by atoms with Crippen LogP contribution in [-0.2, 0) is 7.05 Å². The molecule has 0 aromatic carbocycles. The number of hydrogen-bond donors (Lipinski definition) is 3. The molecule has 3 aromatic heterocycles. The fourth-order valence-corrected chi connectivity index (χ4v) is 1.98. The molecule has 3 N–H and O–H groups in total. The van der Waals surface area contributed by atoms with Crippen LogP contribution in [0.3, 0.4) is 0 Å². The van der Waals surface area contributed by atoms with Gasteiger partial charge in [0.1, 0.15) is 11.6 Å². The molecule has 112 valence electrons. The fourth-order valence-electron chi connectivity index (χ4n) is 1.98. The summed E-state index contributed by atoms with van der Waals surface area (Å²) < 4.78 is 1.72. The van der Waals surface area contributed by atoms with E-state index >= 15 is 0 Å². The molecule has 0 radical (unpaired) electrons. The van der Waals surface area contributed by atoms with Gasteiger partial charge in [-0.2, -0.15) is 5.10 Å². The summed E-state index contributed by atoms with van der Waals surface area (Å²) >= 11 is 0. The lowest BCUT2D eigenvalue weighted by molar-refractivity contribution is 0.775. The van der Waals surface area contributed by atoms with Gasteiger partial charge in [-0.1, -0.05) is 0 Å². The van der Waals surface area contributed by atoms with Gasteiger partial charge in [-0.05, 0) is 18.2 Å². The first-order valence-corrected chi connectivity index (χ1v) is 6.73. The average Bonchev–Trinajstić information content (AvgIpc) is 2.93. The van der Waals surface area contributed by atoms with Crippen LogP contribution in [0.15, 0.2) is 42.9 Å². The second kappa shape index (κ2) is 6.19. The van der Waals surface area contributed by atoms with Gasteiger partial charge in [0.05, 0.1) is 11.9 Å². The van der Waals surface area contributed by atoms with Gasteiger partial charge >= 0.3 is 0 Å². The Kier molecular flexibility index (Phi) is 3.92. The Morgan fingerprint density at radius 3 is 2.68 bits per heavy atom. The molecule has 0 aliphatic rings. The largest absolute Gasteiger partial charge is 0.309 e. The van der Waals surface area contributed by atoms with Crippen molar-refractivity contribution in [2.24, 2.45) is 7.05 Å². The normalized spacial score (nSPS) is 10.5. The highest BCUT2D eigenvalue weighted by Gasteiger charge is 2.05. The van der Waals surface area contributed by atoms with E-state index < -0.39 is 0 Å². The zero-order chi connectivity index (χ0) is 15.4. The topological polar surface area (TPSA) is 92.6 Å². The van der Waals surface area contributed by atoms with Gasteiger partial charge in [-0.3, -0.25) is 4.68 Å². The number of nitrogens with one attached hydrogen (secondary N) is 3. The summed E-state index contributed by atoms with van der Waals surface area (Å²) in [5.74, 6) is 2.06. The first kappa shape index (κ1) is 14.0. The van der Waals surface area contributed by atoms with Crippen LogP contribution < -0.4 is 16.2 Å². The van der Waals surface area contributed by atoms with E-state index in [1.165, 1.54) is 0 Å². The first-order chi connectivity index (χ1) is 10.8. The van der Waals surface area contributed by atoms with Crippen LogP contribution in [0.2, 0.25) is 0 Å². The number of aromatic nitrogens is 5. The summed E-state index contributed by atoms with van der Waals surface area (Å²) in [5.41, 5.74) is 7.54. The predicted molar refractivity (Wildman–Crippen MR) is 84.4 cm³/mol. The van der Waals surface area contributed by atoms with Crippen LogP contribution in [-0.4, -0.2) is 31.8 Å². The van der Waals surface area contributed by atoms with E-state index in [0.717, 1.165) is 22.9 Å². The van der Waals surface area contributed by atoms with E-state index in [2.05, 4.69) is 36.2 Å². The molecule has 0 bridgehead atoms. The highest BCUT2D eigenvalue weighted by atomic mass is 15.4. The minimum Gasteiger partial charge on any atom is -0.309 e. The summed E-state index contributed by atoms with van der Waals surface area (Å²) in [6.07, 6.45) is 5.16. The van der Waals surface area contributed by atoms with Crippen molar-refractivity contribution in [3.8, 4) is 11.3 Å². The standard InChI is InChI=1S/C14H16N8/c1-15-21-12-9-10(3-6-16-12)11-4-7-17-14(19-11)20-13-5-8-18-22(13)2/h3-9,15H,1-2H3,(H,16,21)(H,17,19,20). The van der Waals surface area contributed by atoms with Crippen LogP contribution in [0.5, 0.6) is 0 Å². The van der Waals surface area contributed by atoms with Crippen LogP contribution in [0, 0.1) is 0 Å². The lowest BCUT2D eigenvalue weighted by Crippen LogP contribution is -2.15. The SMILES string of the molecule is CNNc1cc(-c2ccnc(Nc3ccnn3C)n2)ccn1. The van der Waals surface area contributed by atoms with Crippen LogP contribution >= 0.6 is 0 Å². The molecule has 0 unspecified atom stereocenters. The predicted octanol–water partition coefficient (Wildman–Crippen LogP) is 1.56. The summed E-state index contributed by atoms with van der Waals surface area (Å²) in [6, 6.07) is 7.52. The maximum Gasteiger partial charge on any atom is 0.228 e. The molecule has 0 saturated heterocycles. The van der Waals surface area contributed by atoms with E-state index in [4.69, 9.17) is 0 Å². The molecule has 0 fully saturated rings. The van der Waals surface area contributed by atoms with Gasteiger partial charge in [0.25, 0.3) is 0 Å². The summed E-state index contributed by atoms with van der Waals surface area (Å²) in [5, 5.41) is 7.24. The van der Waals surface area contributed by atoms with Crippen molar-refractivity contribution in [2.75, 3.05) is 17.8 Å². The Hall–Kier alpha value is -3.00. The van der Waals surface area contributed by atoms with E-state index in [1.807, 2.05) is 31.3 Å². The molecule has 8 nitrogen and oxygen atoms in total. The summed E-state index contributed by atoms with van der Waals surface area (Å²) in [4.78, 5) is 13.0. The number of aryl methyl sites for hydroxylation is 1. The second-order valence-corrected chi connectivity index (χ2v) is 4.54. The Balaban J connectivity index is 1.87. The molecule has 0 aliphatic heterocycles. The molecule has 3 aromatic rings. The van der Waals surface area contributed by atoms with E-state index in [0.29, 0.717) is 5.95 Å². The van der Waals surface area contributed by atoms with Gasteiger partial charge in [-0.15, -0.1) is 0 Å². The lowest BCUT2D eigenvalue weighted by atomic mass is 10.2. The molecule has 3 rings (SSSR count). The number of hydrazine groups is 1. The number of pyridine rings is 1. The minimum atomic E-state index is 0.515. The molecule has 0 atom stereocenters. The molecule has 0 saturated carbocycles. The Labute approximate surface area is 127 Å². The van der Waals surface area contributed by atoms with Crippen LogP contribution in [0.1, 0.15) is 0 Å². The zero-order valence-electron chi connectivity index (χ0n) is 12.3. The average molecular weight is 296 g/mol. The lowest BCUT2D eigenvalue weighted by Gasteiger charge is -2.08. The van der Waals surface area contributed by atoms with E-state index in [1.54, 1.807) is 30.3 Å². The first-order valence-electron chi connectivity index (χ1n) is 6.73. The Morgan fingerprint density at radius 2 is 1.91 bits per heavy atom. The fraction of sp³-hybridized carbons (Fsp3) is 0.143. The van der Waals surface area contributed by atoms with Gasteiger partial charge in [0.2, 0.25) is 5.95 Å². The number of hydrogen-bond acceptors (Lipinski definition) is 7. The molecular formula is C14H16N8. The third kappa shape index (κ3) is 3.01. The quantitative estimate of drug-likeness (QED) is 0.615. The maximum absolute atomic E-state index is 4.52. The van der Waals surface area contributed by atoms with Gasteiger partial charge in [0.15, 0.2) is 0 Å². The van der Waals surface area contributed by atoms with Crippen molar-refractivity contribution in [3.63, 3.8) is 0 Å².